The van der Waals surface area contributed by atoms with E-state index in [0.29, 0.717) is 43.9 Å². The maximum absolute atomic E-state index is 13.7. The predicted molar refractivity (Wildman–Crippen MR) is 152 cm³/mol. The second-order valence-corrected chi connectivity index (χ2v) is 10.7. The summed E-state index contributed by atoms with van der Waals surface area (Å²) in [6.07, 6.45) is 5.48. The lowest BCUT2D eigenvalue weighted by Gasteiger charge is -2.30. The molecule has 1 fully saturated rings. The Morgan fingerprint density at radius 1 is 1.13 bits per heavy atom. The Morgan fingerprint density at radius 3 is 2.55 bits per heavy atom. The summed E-state index contributed by atoms with van der Waals surface area (Å²) in [5.74, 6) is -0.475. The van der Waals surface area contributed by atoms with Crippen molar-refractivity contribution >= 4 is 40.9 Å². The van der Waals surface area contributed by atoms with E-state index < -0.39 is 5.92 Å². The molecule has 198 valence electrons. The van der Waals surface area contributed by atoms with Gasteiger partial charge in [-0.25, -0.2) is 0 Å². The highest BCUT2D eigenvalue weighted by atomic mass is 35.5. The third-order valence-corrected chi connectivity index (χ3v) is 8.14. The summed E-state index contributed by atoms with van der Waals surface area (Å²) in [5, 5.41) is 20.6. The fraction of sp³-hybridized carbons (Fsp3) is 0.345. The van der Waals surface area contributed by atoms with Gasteiger partial charge in [-0.15, -0.1) is 0 Å². The molecule has 7 nitrogen and oxygen atoms in total. The molecule has 0 radical (unpaired) electrons. The van der Waals surface area contributed by atoms with Gasteiger partial charge in [-0.05, 0) is 43.5 Å². The fourth-order valence-electron chi connectivity index (χ4n) is 4.94. The van der Waals surface area contributed by atoms with Crippen molar-refractivity contribution in [3.8, 4) is 11.8 Å². The van der Waals surface area contributed by atoms with E-state index in [9.17, 15) is 14.9 Å². The molecule has 38 heavy (non-hydrogen) atoms. The van der Waals surface area contributed by atoms with Gasteiger partial charge in [-0.3, -0.25) is 9.59 Å². The van der Waals surface area contributed by atoms with Gasteiger partial charge < -0.3 is 20.7 Å². The van der Waals surface area contributed by atoms with Gasteiger partial charge in [0.15, 0.2) is 0 Å². The number of anilines is 1. The van der Waals surface area contributed by atoms with Crippen LogP contribution >= 0.6 is 23.4 Å². The number of nitrogens with one attached hydrogen (secondary N) is 3. The average Bonchev–Trinajstić information content (AvgIpc) is 2.92. The number of hydrogen-bond donors (Lipinski definition) is 3. The zero-order chi connectivity index (χ0) is 27.1. The summed E-state index contributed by atoms with van der Waals surface area (Å²) in [6, 6.07) is 16.8. The van der Waals surface area contributed by atoms with Crippen molar-refractivity contribution in [3.63, 3.8) is 0 Å². The minimum Gasteiger partial charge on any atom is -0.495 e. The number of rotatable bonds is 8. The molecule has 2 aromatic rings. The highest BCUT2D eigenvalue weighted by Gasteiger charge is 2.36. The number of methoxy groups -OCH3 is 1. The average molecular weight is 551 g/mol. The number of benzene rings is 2. The first-order valence-corrected chi connectivity index (χ1v) is 14.0. The Bertz CT molecular complexity index is 1310. The van der Waals surface area contributed by atoms with E-state index in [1.165, 1.54) is 25.3 Å². The Kier molecular flexibility index (Phi) is 9.38. The van der Waals surface area contributed by atoms with E-state index in [2.05, 4.69) is 22.0 Å². The molecular weight excluding hydrogens is 520 g/mol. The van der Waals surface area contributed by atoms with Crippen molar-refractivity contribution in [1.29, 1.82) is 5.26 Å². The van der Waals surface area contributed by atoms with Gasteiger partial charge in [0.05, 0.1) is 41.1 Å². The Labute approximate surface area is 232 Å². The first-order chi connectivity index (χ1) is 18.4. The number of ether oxygens (including phenoxy) is 1. The second-order valence-electron chi connectivity index (χ2n) is 9.32. The van der Waals surface area contributed by atoms with E-state index in [-0.39, 0.29) is 23.6 Å². The highest BCUT2D eigenvalue weighted by molar-refractivity contribution is 8.03. The lowest BCUT2D eigenvalue weighted by molar-refractivity contribution is -0.119. The number of hydrogen-bond acceptors (Lipinski definition) is 6. The van der Waals surface area contributed by atoms with Gasteiger partial charge in [-0.1, -0.05) is 73.0 Å². The molecule has 0 spiro atoms. The maximum Gasteiger partial charge on any atom is 0.254 e. The summed E-state index contributed by atoms with van der Waals surface area (Å²) in [6.45, 7) is 1.79. The number of halogens is 1. The van der Waals surface area contributed by atoms with Crippen LogP contribution in [0.5, 0.6) is 5.75 Å². The topological polar surface area (TPSA) is 103 Å². The minimum absolute atomic E-state index is 0.0656. The molecule has 0 unspecified atom stereocenters. The van der Waals surface area contributed by atoms with Crippen LogP contribution in [0.3, 0.4) is 0 Å². The number of nitriles is 1. The van der Waals surface area contributed by atoms with Gasteiger partial charge in [0.25, 0.3) is 5.91 Å². The molecule has 1 heterocycles. The minimum atomic E-state index is -0.714. The van der Waals surface area contributed by atoms with Gasteiger partial charge in [-0.2, -0.15) is 5.26 Å². The standard InChI is InChI=1S/C29H31ClN4O3S/c1-18-26(28(36)34-23-14-8-9-15-24(23)37-2)27(20-12-6-7-13-22(20)30)21(16-31)29(32-18)38-17-25(35)33-19-10-4-3-5-11-19/h6-9,12-15,19,27,32H,3-5,10-11,17H2,1-2H3,(H,33,35)(H,34,36)/t27-/m0/s1. The number of dihydropyridines is 1. The largest absolute Gasteiger partial charge is 0.495 e. The van der Waals surface area contributed by atoms with Crippen LogP contribution in [0.15, 0.2) is 70.4 Å². The SMILES string of the molecule is COc1ccccc1NC(=O)C1=C(C)NC(SCC(=O)NC2CCCCC2)=C(C#N)[C@@H]1c1ccccc1Cl. The van der Waals surface area contributed by atoms with Crippen molar-refractivity contribution in [2.75, 3.05) is 18.2 Å². The van der Waals surface area contributed by atoms with Crippen LogP contribution in [0.4, 0.5) is 5.69 Å². The van der Waals surface area contributed by atoms with E-state index in [1.54, 1.807) is 37.3 Å². The molecule has 2 aromatic carbocycles. The van der Waals surface area contributed by atoms with Gasteiger partial charge in [0.1, 0.15) is 5.75 Å². The van der Waals surface area contributed by atoms with Crippen LogP contribution in [0.1, 0.15) is 50.5 Å². The molecule has 2 amide bonds. The monoisotopic (exact) mass is 550 g/mol. The van der Waals surface area contributed by atoms with E-state index in [1.807, 2.05) is 18.2 Å². The third kappa shape index (κ3) is 6.35. The quantitative estimate of drug-likeness (QED) is 0.380. The van der Waals surface area contributed by atoms with Crippen molar-refractivity contribution in [2.24, 2.45) is 0 Å². The first-order valence-electron chi connectivity index (χ1n) is 12.7. The van der Waals surface area contributed by atoms with Crippen molar-refractivity contribution in [1.82, 2.24) is 10.6 Å². The summed E-state index contributed by atoms with van der Waals surface area (Å²) in [5.41, 5.74) is 2.44. The molecule has 1 atom stereocenters. The molecule has 0 saturated heterocycles. The summed E-state index contributed by atoms with van der Waals surface area (Å²) in [7, 11) is 1.54. The summed E-state index contributed by atoms with van der Waals surface area (Å²) in [4.78, 5) is 26.4. The second kappa shape index (κ2) is 12.9. The number of thioether (sulfide) groups is 1. The normalized spacial score (nSPS) is 17.9. The molecule has 2 aliphatic rings. The zero-order valence-corrected chi connectivity index (χ0v) is 23.0. The van der Waals surface area contributed by atoms with Gasteiger partial charge in [0, 0.05) is 22.3 Å². The zero-order valence-electron chi connectivity index (χ0n) is 21.5. The Hall–Kier alpha value is -3.41. The maximum atomic E-state index is 13.7. The lowest BCUT2D eigenvalue weighted by atomic mass is 9.82. The van der Waals surface area contributed by atoms with Crippen molar-refractivity contribution in [2.45, 2.75) is 51.0 Å². The van der Waals surface area contributed by atoms with Gasteiger partial charge >= 0.3 is 0 Å². The molecule has 1 aliphatic carbocycles. The molecule has 9 heteroatoms. The molecule has 3 N–H and O–H groups in total. The number of allylic oxidation sites excluding steroid dienone is 2. The number of carbonyl (C=O) groups excluding carboxylic acids is 2. The van der Waals surface area contributed by atoms with Crippen LogP contribution in [0.2, 0.25) is 5.02 Å². The van der Waals surface area contributed by atoms with E-state index in [4.69, 9.17) is 16.3 Å². The number of nitrogens with zero attached hydrogens (tertiary/aromatic N) is 1. The predicted octanol–water partition coefficient (Wildman–Crippen LogP) is 5.87. The molecule has 0 aromatic heterocycles. The Morgan fingerprint density at radius 2 is 1.84 bits per heavy atom. The van der Waals surface area contributed by atoms with E-state index in [0.717, 1.165) is 25.7 Å². The highest BCUT2D eigenvalue weighted by Crippen LogP contribution is 2.43. The molecule has 1 saturated carbocycles. The van der Waals surface area contributed by atoms with Gasteiger partial charge in [0.2, 0.25) is 5.91 Å². The number of amides is 2. The van der Waals surface area contributed by atoms with Crippen LogP contribution in [-0.4, -0.2) is 30.7 Å². The summed E-state index contributed by atoms with van der Waals surface area (Å²) < 4.78 is 5.39. The van der Waals surface area contributed by atoms with Crippen molar-refractivity contribution in [3.05, 3.63) is 81.0 Å². The fourth-order valence-corrected chi connectivity index (χ4v) is 6.09. The van der Waals surface area contributed by atoms with Crippen molar-refractivity contribution < 1.29 is 14.3 Å². The number of para-hydroxylation sites is 2. The molecule has 1 aliphatic heterocycles. The Balaban J connectivity index is 1.63. The first kappa shape index (κ1) is 27.6. The number of carbonyl (C=O) groups is 2. The summed E-state index contributed by atoms with van der Waals surface area (Å²) >= 11 is 7.86. The van der Waals surface area contributed by atoms with E-state index >= 15 is 0 Å². The molecule has 4 rings (SSSR count). The smallest absolute Gasteiger partial charge is 0.254 e. The van der Waals surface area contributed by atoms with Crippen LogP contribution in [0, 0.1) is 11.3 Å². The third-order valence-electron chi connectivity index (χ3n) is 6.78. The molecular formula is C29H31ClN4O3S. The van der Waals surface area contributed by atoms with Crippen LogP contribution in [0.25, 0.3) is 0 Å². The lowest BCUT2D eigenvalue weighted by Crippen LogP contribution is -2.37. The molecule has 0 bridgehead atoms. The van der Waals surface area contributed by atoms with Crippen LogP contribution < -0.4 is 20.7 Å². The van der Waals surface area contributed by atoms with Crippen LogP contribution in [-0.2, 0) is 9.59 Å².